The van der Waals surface area contributed by atoms with Crippen molar-refractivity contribution in [1.29, 1.82) is 0 Å². The first-order chi connectivity index (χ1) is 11.3. The Morgan fingerprint density at radius 3 is 2.48 bits per heavy atom. The molecule has 4 nitrogen and oxygen atoms in total. The summed E-state index contributed by atoms with van der Waals surface area (Å²) in [5.74, 6) is 1.64. The van der Waals surface area contributed by atoms with Gasteiger partial charge >= 0.3 is 0 Å². The van der Waals surface area contributed by atoms with Crippen molar-refractivity contribution >= 4 is 10.9 Å². The van der Waals surface area contributed by atoms with Crippen molar-refractivity contribution in [3.8, 4) is 11.5 Å². The highest BCUT2D eigenvalue weighted by molar-refractivity contribution is 5.80. The summed E-state index contributed by atoms with van der Waals surface area (Å²) in [6.07, 6.45) is 2.41. The van der Waals surface area contributed by atoms with E-state index in [0.717, 1.165) is 33.5 Å². The second-order valence-corrected chi connectivity index (χ2v) is 5.31. The van der Waals surface area contributed by atoms with E-state index in [-0.39, 0.29) is 6.61 Å². The zero-order chi connectivity index (χ0) is 16.1. The van der Waals surface area contributed by atoms with Crippen molar-refractivity contribution in [2.45, 2.75) is 13.0 Å². The fourth-order valence-electron chi connectivity index (χ4n) is 2.40. The van der Waals surface area contributed by atoms with Gasteiger partial charge in [-0.05, 0) is 53.9 Å². The molecule has 23 heavy (non-hydrogen) atoms. The normalized spacial score (nSPS) is 10.7. The van der Waals surface area contributed by atoms with Crippen LogP contribution >= 0.6 is 0 Å². The fourth-order valence-corrected chi connectivity index (χ4v) is 2.40. The summed E-state index contributed by atoms with van der Waals surface area (Å²) in [4.78, 5) is 4.40. The summed E-state index contributed by atoms with van der Waals surface area (Å²) in [6.45, 7) is 0.625. The summed E-state index contributed by atoms with van der Waals surface area (Å²) in [5, 5.41) is 10.0. The smallest absolute Gasteiger partial charge is 0.120 e. The third-order valence-electron chi connectivity index (χ3n) is 3.67. The molecule has 0 aliphatic carbocycles. The Kier molecular flexibility index (Phi) is 4.74. The number of aromatic nitrogens is 1. The van der Waals surface area contributed by atoms with Crippen LogP contribution in [0.1, 0.15) is 11.1 Å². The van der Waals surface area contributed by atoms with Gasteiger partial charge in [-0.3, -0.25) is 4.98 Å². The maximum absolute atomic E-state index is 9.03. The summed E-state index contributed by atoms with van der Waals surface area (Å²) >= 11 is 0. The lowest BCUT2D eigenvalue weighted by Gasteiger charge is -2.08. The Morgan fingerprint density at radius 2 is 1.74 bits per heavy atom. The van der Waals surface area contributed by atoms with E-state index in [4.69, 9.17) is 14.6 Å². The van der Waals surface area contributed by atoms with E-state index in [2.05, 4.69) is 4.98 Å². The van der Waals surface area contributed by atoms with E-state index in [1.165, 1.54) is 0 Å². The first-order valence-electron chi connectivity index (χ1n) is 7.54. The van der Waals surface area contributed by atoms with Gasteiger partial charge in [0.05, 0.1) is 12.6 Å². The quantitative estimate of drug-likeness (QED) is 0.758. The van der Waals surface area contributed by atoms with Crippen LogP contribution in [0, 0.1) is 0 Å². The summed E-state index contributed by atoms with van der Waals surface area (Å²) in [7, 11) is 1.65. The molecule has 1 heterocycles. The number of rotatable bonds is 6. The molecule has 0 bridgehead atoms. The maximum atomic E-state index is 9.03. The molecule has 4 heteroatoms. The number of hydrogen-bond acceptors (Lipinski definition) is 4. The first kappa shape index (κ1) is 15.3. The molecular weight excluding hydrogens is 290 g/mol. The monoisotopic (exact) mass is 309 g/mol. The molecule has 0 spiro atoms. The molecule has 0 aliphatic rings. The lowest BCUT2D eigenvalue weighted by molar-refractivity contribution is 0.299. The van der Waals surface area contributed by atoms with Crippen molar-refractivity contribution in [2.24, 2.45) is 0 Å². The van der Waals surface area contributed by atoms with Crippen LogP contribution in [0.5, 0.6) is 11.5 Å². The molecule has 0 saturated carbocycles. The summed E-state index contributed by atoms with van der Waals surface area (Å²) < 4.78 is 11.0. The molecule has 0 fully saturated rings. The van der Waals surface area contributed by atoms with E-state index in [0.29, 0.717) is 13.0 Å². The fraction of sp³-hybridized carbons (Fsp3) is 0.211. The molecule has 3 rings (SSSR count). The number of pyridine rings is 1. The van der Waals surface area contributed by atoms with Gasteiger partial charge in [0.15, 0.2) is 0 Å². The minimum absolute atomic E-state index is 0.126. The van der Waals surface area contributed by atoms with Gasteiger partial charge in [0, 0.05) is 18.2 Å². The Hall–Kier alpha value is -2.59. The van der Waals surface area contributed by atoms with Gasteiger partial charge < -0.3 is 14.6 Å². The number of benzene rings is 2. The molecule has 0 radical (unpaired) electrons. The van der Waals surface area contributed by atoms with Crippen LogP contribution in [0.4, 0.5) is 0 Å². The zero-order valence-corrected chi connectivity index (χ0v) is 13.0. The van der Waals surface area contributed by atoms with Crippen molar-refractivity contribution in [3.05, 3.63) is 65.9 Å². The van der Waals surface area contributed by atoms with E-state index < -0.39 is 0 Å². The Labute approximate surface area is 135 Å². The number of aliphatic hydroxyl groups excluding tert-OH is 1. The number of nitrogens with zero attached hydrogens (tertiary/aromatic N) is 1. The SMILES string of the molecule is COc1ccc(COc2ccc3ncc(CCO)cc3c2)cc1. The number of fused-ring (bicyclic) bond motifs is 1. The van der Waals surface area contributed by atoms with Crippen LogP contribution in [0.2, 0.25) is 0 Å². The topological polar surface area (TPSA) is 51.6 Å². The maximum Gasteiger partial charge on any atom is 0.120 e. The van der Waals surface area contributed by atoms with Gasteiger partial charge in [0.1, 0.15) is 18.1 Å². The van der Waals surface area contributed by atoms with Crippen molar-refractivity contribution < 1.29 is 14.6 Å². The number of hydrogen-bond donors (Lipinski definition) is 1. The van der Waals surface area contributed by atoms with Gasteiger partial charge in [0.2, 0.25) is 0 Å². The average molecular weight is 309 g/mol. The van der Waals surface area contributed by atoms with Crippen LogP contribution in [-0.4, -0.2) is 23.8 Å². The predicted molar refractivity (Wildman–Crippen MR) is 89.9 cm³/mol. The largest absolute Gasteiger partial charge is 0.497 e. The van der Waals surface area contributed by atoms with Gasteiger partial charge in [-0.2, -0.15) is 0 Å². The minimum Gasteiger partial charge on any atom is -0.497 e. The Bertz CT molecular complexity index is 784. The Morgan fingerprint density at radius 1 is 0.957 bits per heavy atom. The van der Waals surface area contributed by atoms with Crippen LogP contribution in [-0.2, 0) is 13.0 Å². The lowest BCUT2D eigenvalue weighted by Crippen LogP contribution is -1.96. The summed E-state index contributed by atoms with van der Waals surface area (Å²) in [5.41, 5.74) is 3.02. The number of ether oxygens (including phenoxy) is 2. The lowest BCUT2D eigenvalue weighted by atomic mass is 10.1. The molecule has 0 aliphatic heterocycles. The Balaban J connectivity index is 1.73. The van der Waals surface area contributed by atoms with Gasteiger partial charge in [0.25, 0.3) is 0 Å². The van der Waals surface area contributed by atoms with Crippen LogP contribution < -0.4 is 9.47 Å². The number of aliphatic hydroxyl groups is 1. The molecular formula is C19H19NO3. The van der Waals surface area contributed by atoms with Crippen LogP contribution in [0.3, 0.4) is 0 Å². The van der Waals surface area contributed by atoms with Gasteiger partial charge in [-0.15, -0.1) is 0 Å². The van der Waals surface area contributed by atoms with E-state index >= 15 is 0 Å². The van der Waals surface area contributed by atoms with Crippen molar-refractivity contribution in [2.75, 3.05) is 13.7 Å². The molecule has 3 aromatic rings. The molecule has 1 aromatic heterocycles. The van der Waals surface area contributed by atoms with Gasteiger partial charge in [-0.1, -0.05) is 12.1 Å². The first-order valence-corrected chi connectivity index (χ1v) is 7.54. The van der Waals surface area contributed by atoms with Crippen LogP contribution in [0.25, 0.3) is 10.9 Å². The zero-order valence-electron chi connectivity index (χ0n) is 13.0. The minimum atomic E-state index is 0.126. The second kappa shape index (κ2) is 7.11. The van der Waals surface area contributed by atoms with E-state index in [9.17, 15) is 0 Å². The highest BCUT2D eigenvalue weighted by Gasteiger charge is 2.02. The highest BCUT2D eigenvalue weighted by atomic mass is 16.5. The average Bonchev–Trinajstić information content (AvgIpc) is 2.60. The summed E-state index contributed by atoms with van der Waals surface area (Å²) in [6, 6.07) is 15.7. The molecule has 0 saturated heterocycles. The highest BCUT2D eigenvalue weighted by Crippen LogP contribution is 2.22. The number of methoxy groups -OCH3 is 1. The second-order valence-electron chi connectivity index (χ2n) is 5.31. The molecule has 0 amide bonds. The molecule has 1 N–H and O–H groups in total. The van der Waals surface area contributed by atoms with E-state index in [1.54, 1.807) is 13.3 Å². The van der Waals surface area contributed by atoms with Crippen LogP contribution in [0.15, 0.2) is 54.7 Å². The van der Waals surface area contributed by atoms with Crippen molar-refractivity contribution in [3.63, 3.8) is 0 Å². The molecule has 2 aromatic carbocycles. The third kappa shape index (κ3) is 3.79. The van der Waals surface area contributed by atoms with Gasteiger partial charge in [-0.25, -0.2) is 0 Å². The van der Waals surface area contributed by atoms with Crippen molar-refractivity contribution in [1.82, 2.24) is 4.98 Å². The standard InChI is InChI=1S/C19H19NO3/c1-22-17-4-2-14(3-5-17)13-23-18-6-7-19-16(11-18)10-15(8-9-21)12-20-19/h2-7,10-12,21H,8-9,13H2,1H3. The van der Waals surface area contributed by atoms with E-state index in [1.807, 2.05) is 48.5 Å². The predicted octanol–water partition coefficient (Wildman–Crippen LogP) is 3.36. The molecule has 0 atom stereocenters. The molecule has 0 unspecified atom stereocenters. The molecule has 118 valence electrons. The third-order valence-corrected chi connectivity index (χ3v) is 3.67.